The Bertz CT molecular complexity index is 582. The molecule has 1 unspecified atom stereocenters. The van der Waals surface area contributed by atoms with Crippen molar-refractivity contribution in [2.75, 3.05) is 6.73 Å². The quantitative estimate of drug-likeness (QED) is 0.882. The molecular weight excluding hydrogens is 270 g/mol. The molecule has 1 atom stereocenters. The van der Waals surface area contributed by atoms with Crippen LogP contribution in [0.1, 0.15) is 18.5 Å². The standard InChI is InChI=1S/C13H12ClNO4/c1-7(17)10-11(8-4-2-3-5-9(8)14)15(6-16)13(19)12(10)18/h2-5,11,16,18H,6H2,1H3. The Morgan fingerprint density at radius 2 is 2.05 bits per heavy atom. The molecule has 0 fully saturated rings. The molecule has 0 aliphatic carbocycles. The summed E-state index contributed by atoms with van der Waals surface area (Å²) in [6.07, 6.45) is 0. The number of carbonyl (C=O) groups is 2. The molecule has 0 spiro atoms. The Morgan fingerprint density at radius 3 is 2.58 bits per heavy atom. The van der Waals surface area contributed by atoms with E-state index in [2.05, 4.69) is 0 Å². The SMILES string of the molecule is CC(=O)C1=C(O)C(=O)N(CO)C1c1ccccc1Cl. The van der Waals surface area contributed by atoms with Crippen LogP contribution in [0.4, 0.5) is 0 Å². The lowest BCUT2D eigenvalue weighted by molar-refractivity contribution is -0.133. The largest absolute Gasteiger partial charge is 0.503 e. The molecule has 0 aromatic heterocycles. The molecule has 5 nitrogen and oxygen atoms in total. The van der Waals surface area contributed by atoms with Crippen LogP contribution in [0.25, 0.3) is 0 Å². The first kappa shape index (κ1) is 13.6. The van der Waals surface area contributed by atoms with Gasteiger partial charge in [-0.2, -0.15) is 0 Å². The lowest BCUT2D eigenvalue weighted by Crippen LogP contribution is -2.31. The van der Waals surface area contributed by atoms with Gasteiger partial charge in [0.1, 0.15) is 6.73 Å². The third kappa shape index (κ3) is 2.11. The van der Waals surface area contributed by atoms with Crippen LogP contribution in [0.3, 0.4) is 0 Å². The van der Waals surface area contributed by atoms with Crippen molar-refractivity contribution >= 4 is 23.3 Å². The number of ketones is 1. The Morgan fingerprint density at radius 1 is 1.42 bits per heavy atom. The molecule has 1 aliphatic rings. The van der Waals surface area contributed by atoms with Crippen LogP contribution in [-0.2, 0) is 9.59 Å². The molecule has 0 radical (unpaired) electrons. The molecule has 6 heteroatoms. The fourth-order valence-corrected chi connectivity index (χ4v) is 2.42. The summed E-state index contributed by atoms with van der Waals surface area (Å²) in [6, 6.07) is 5.81. The topological polar surface area (TPSA) is 77.8 Å². The minimum atomic E-state index is -0.858. The van der Waals surface area contributed by atoms with Crippen molar-refractivity contribution in [3.63, 3.8) is 0 Å². The molecule has 1 aromatic carbocycles. The summed E-state index contributed by atoms with van der Waals surface area (Å²) in [7, 11) is 0. The third-order valence-electron chi connectivity index (χ3n) is 3.04. The number of halogens is 1. The van der Waals surface area contributed by atoms with Crippen LogP contribution in [0.2, 0.25) is 5.02 Å². The summed E-state index contributed by atoms with van der Waals surface area (Å²) < 4.78 is 0. The summed E-state index contributed by atoms with van der Waals surface area (Å²) in [5, 5.41) is 19.4. The summed E-state index contributed by atoms with van der Waals surface area (Å²) in [5.41, 5.74) is 0.438. The lowest BCUT2D eigenvalue weighted by atomic mass is 9.97. The maximum atomic E-state index is 11.8. The number of hydrogen-bond donors (Lipinski definition) is 2. The van der Waals surface area contributed by atoms with E-state index < -0.39 is 30.2 Å². The zero-order valence-corrected chi connectivity index (χ0v) is 10.9. The molecule has 100 valence electrons. The molecule has 1 amide bonds. The average molecular weight is 282 g/mol. The molecule has 19 heavy (non-hydrogen) atoms. The first-order chi connectivity index (χ1) is 8.99. The molecule has 1 aromatic rings. The van der Waals surface area contributed by atoms with E-state index in [1.807, 2.05) is 0 Å². The molecule has 2 rings (SSSR count). The molecule has 2 N–H and O–H groups in total. The zero-order valence-electron chi connectivity index (χ0n) is 10.1. The number of aliphatic hydroxyl groups is 2. The second-order valence-electron chi connectivity index (χ2n) is 4.16. The fraction of sp³-hybridized carbons (Fsp3) is 0.231. The molecule has 0 saturated carbocycles. The lowest BCUT2D eigenvalue weighted by Gasteiger charge is -2.24. The number of rotatable bonds is 3. The first-order valence-electron chi connectivity index (χ1n) is 5.59. The number of nitrogens with zero attached hydrogens (tertiary/aromatic N) is 1. The number of Topliss-reactive ketones (excluding diaryl/α,β-unsaturated/α-hetero) is 1. The highest BCUT2D eigenvalue weighted by Gasteiger charge is 2.42. The van der Waals surface area contributed by atoms with E-state index in [-0.39, 0.29) is 5.57 Å². The second-order valence-corrected chi connectivity index (χ2v) is 4.57. The van der Waals surface area contributed by atoms with Crippen molar-refractivity contribution in [2.24, 2.45) is 0 Å². The Labute approximate surface area is 114 Å². The van der Waals surface area contributed by atoms with E-state index in [4.69, 9.17) is 11.6 Å². The third-order valence-corrected chi connectivity index (χ3v) is 3.38. The number of aliphatic hydroxyl groups excluding tert-OH is 2. The fourth-order valence-electron chi connectivity index (χ4n) is 2.18. The molecular formula is C13H12ClNO4. The van der Waals surface area contributed by atoms with E-state index in [1.165, 1.54) is 6.92 Å². The monoisotopic (exact) mass is 281 g/mol. The van der Waals surface area contributed by atoms with Gasteiger partial charge in [0.2, 0.25) is 0 Å². The summed E-state index contributed by atoms with van der Waals surface area (Å²) >= 11 is 6.06. The van der Waals surface area contributed by atoms with Gasteiger partial charge in [0.15, 0.2) is 11.5 Å². The van der Waals surface area contributed by atoms with Gasteiger partial charge in [0, 0.05) is 5.02 Å². The van der Waals surface area contributed by atoms with Crippen LogP contribution in [0.5, 0.6) is 0 Å². The summed E-state index contributed by atoms with van der Waals surface area (Å²) in [6.45, 7) is 0.638. The molecule has 0 saturated heterocycles. The number of hydrogen-bond acceptors (Lipinski definition) is 4. The van der Waals surface area contributed by atoms with Gasteiger partial charge in [0.05, 0.1) is 11.6 Å². The zero-order chi connectivity index (χ0) is 14.2. The number of carbonyl (C=O) groups excluding carboxylic acids is 2. The highest BCUT2D eigenvalue weighted by molar-refractivity contribution is 6.31. The van der Waals surface area contributed by atoms with E-state index >= 15 is 0 Å². The van der Waals surface area contributed by atoms with Crippen LogP contribution in [0.15, 0.2) is 35.6 Å². The van der Waals surface area contributed by atoms with Gasteiger partial charge in [-0.3, -0.25) is 9.59 Å². The smallest absolute Gasteiger partial charge is 0.291 e. The van der Waals surface area contributed by atoms with Crippen molar-refractivity contribution in [1.82, 2.24) is 4.90 Å². The van der Waals surface area contributed by atoms with E-state index in [0.29, 0.717) is 10.6 Å². The van der Waals surface area contributed by atoms with Gasteiger partial charge in [-0.15, -0.1) is 0 Å². The van der Waals surface area contributed by atoms with Crippen LogP contribution >= 0.6 is 11.6 Å². The van der Waals surface area contributed by atoms with Crippen molar-refractivity contribution in [3.8, 4) is 0 Å². The van der Waals surface area contributed by atoms with Gasteiger partial charge >= 0.3 is 0 Å². The average Bonchev–Trinajstić information content (AvgIpc) is 2.62. The van der Waals surface area contributed by atoms with Crippen molar-refractivity contribution in [1.29, 1.82) is 0 Å². The van der Waals surface area contributed by atoms with E-state index in [9.17, 15) is 19.8 Å². The van der Waals surface area contributed by atoms with Crippen LogP contribution < -0.4 is 0 Å². The minimum absolute atomic E-state index is 0.0489. The highest BCUT2D eigenvalue weighted by atomic mass is 35.5. The minimum Gasteiger partial charge on any atom is -0.503 e. The predicted molar refractivity (Wildman–Crippen MR) is 68.5 cm³/mol. The highest BCUT2D eigenvalue weighted by Crippen LogP contribution is 2.39. The van der Waals surface area contributed by atoms with Crippen LogP contribution in [-0.4, -0.2) is 33.5 Å². The van der Waals surface area contributed by atoms with Crippen molar-refractivity contribution in [2.45, 2.75) is 13.0 Å². The molecule has 1 heterocycles. The summed E-state index contributed by atoms with van der Waals surface area (Å²) in [4.78, 5) is 24.4. The Hall–Kier alpha value is -1.85. The van der Waals surface area contributed by atoms with Crippen molar-refractivity contribution < 1.29 is 19.8 Å². The summed E-state index contributed by atoms with van der Waals surface area (Å²) in [5.74, 6) is -1.85. The number of amides is 1. The van der Waals surface area contributed by atoms with Crippen LogP contribution in [0, 0.1) is 0 Å². The van der Waals surface area contributed by atoms with Crippen molar-refractivity contribution in [3.05, 3.63) is 46.2 Å². The normalized spacial score (nSPS) is 19.2. The Balaban J connectivity index is 2.61. The molecule has 0 bridgehead atoms. The maximum absolute atomic E-state index is 11.8. The van der Waals surface area contributed by atoms with Gasteiger partial charge in [-0.25, -0.2) is 0 Å². The van der Waals surface area contributed by atoms with E-state index in [0.717, 1.165) is 4.90 Å². The Kier molecular flexibility index (Phi) is 3.59. The first-order valence-corrected chi connectivity index (χ1v) is 5.97. The molecule has 1 aliphatic heterocycles. The number of benzene rings is 1. The van der Waals surface area contributed by atoms with Gasteiger partial charge < -0.3 is 15.1 Å². The maximum Gasteiger partial charge on any atom is 0.291 e. The van der Waals surface area contributed by atoms with Gasteiger partial charge in [-0.1, -0.05) is 29.8 Å². The van der Waals surface area contributed by atoms with Gasteiger partial charge in [-0.05, 0) is 18.6 Å². The second kappa shape index (κ2) is 5.03. The predicted octanol–water partition coefficient (Wildman–Crippen LogP) is 1.57. The van der Waals surface area contributed by atoms with Gasteiger partial charge in [0.25, 0.3) is 5.91 Å². The van der Waals surface area contributed by atoms with E-state index in [1.54, 1.807) is 24.3 Å².